The number of rotatable bonds is 20. The van der Waals surface area contributed by atoms with Gasteiger partial charge in [-0.25, -0.2) is 25.3 Å². The van der Waals surface area contributed by atoms with Crippen molar-refractivity contribution in [3.8, 4) is 0 Å². The number of hydrogen-bond donors (Lipinski definition) is 2. The molecular formula is C70H79F7O10S3. The molecule has 8 bridgehead atoms. The molecule has 20 heteroatoms. The van der Waals surface area contributed by atoms with Gasteiger partial charge in [-0.2, -0.15) is 30.7 Å². The lowest BCUT2D eigenvalue weighted by molar-refractivity contribution is -0.146. The molecule has 0 aromatic heterocycles. The van der Waals surface area contributed by atoms with Crippen LogP contribution in [0.4, 0.5) is 30.7 Å². The van der Waals surface area contributed by atoms with Gasteiger partial charge in [0.1, 0.15) is 13.2 Å². The highest BCUT2D eigenvalue weighted by Crippen LogP contribution is 2.63. The molecule has 0 saturated heterocycles. The van der Waals surface area contributed by atoms with Crippen LogP contribution in [0.3, 0.4) is 0 Å². The lowest BCUT2D eigenvalue weighted by atomic mass is 9.48. The summed E-state index contributed by atoms with van der Waals surface area (Å²) >= 11 is 0. The zero-order chi connectivity index (χ0) is 64.8. The van der Waals surface area contributed by atoms with Crippen molar-refractivity contribution in [2.45, 2.75) is 129 Å². The van der Waals surface area contributed by atoms with E-state index in [0.717, 1.165) is 49.7 Å². The fraction of sp³-hybridized carbons (Fsp3) is 0.486. The van der Waals surface area contributed by atoms with E-state index in [2.05, 4.69) is 0 Å². The van der Waals surface area contributed by atoms with Crippen molar-refractivity contribution < 1.29 is 75.7 Å². The summed E-state index contributed by atoms with van der Waals surface area (Å²) in [5, 5.41) is 13.6. The highest BCUT2D eigenvalue weighted by atomic mass is 32.2. The van der Waals surface area contributed by atoms with Gasteiger partial charge in [-0.15, -0.1) is 0 Å². The maximum absolute atomic E-state index is 16.3. The van der Waals surface area contributed by atoms with E-state index in [1.54, 1.807) is 116 Å². The summed E-state index contributed by atoms with van der Waals surface area (Å²) < 4.78 is 184. The molecule has 0 spiro atoms. The second-order valence-corrected chi connectivity index (χ2v) is 33.1. The van der Waals surface area contributed by atoms with Crippen LogP contribution in [0.1, 0.15) is 122 Å². The van der Waals surface area contributed by atoms with E-state index in [-0.39, 0.29) is 57.4 Å². The van der Waals surface area contributed by atoms with Gasteiger partial charge in [-0.05, 0) is 171 Å². The van der Waals surface area contributed by atoms with Gasteiger partial charge in [0.25, 0.3) is 9.84 Å². The third kappa shape index (κ3) is 12.7. The van der Waals surface area contributed by atoms with Crippen LogP contribution in [0.2, 0.25) is 0 Å². The zero-order valence-electron chi connectivity index (χ0n) is 50.6. The highest BCUT2D eigenvalue weighted by Gasteiger charge is 2.64. The molecule has 8 fully saturated rings. The minimum atomic E-state index is -5.67. The summed E-state index contributed by atoms with van der Waals surface area (Å²) in [6, 6.07) is 44.3. The minimum absolute atomic E-state index is 0.0392. The molecule has 0 aliphatic heterocycles. The predicted octanol–water partition coefficient (Wildman–Crippen LogP) is 14.3. The van der Waals surface area contributed by atoms with E-state index in [9.17, 15) is 57.4 Å². The molecule has 2 N–H and O–H groups in total. The van der Waals surface area contributed by atoms with Crippen LogP contribution < -0.4 is 0 Å². The maximum Gasteiger partial charge on any atom is 0.498 e. The van der Waals surface area contributed by atoms with Crippen molar-refractivity contribution in [2.24, 2.45) is 46.3 Å². The van der Waals surface area contributed by atoms with Crippen molar-refractivity contribution in [1.82, 2.24) is 0 Å². The van der Waals surface area contributed by atoms with Crippen LogP contribution in [-0.2, 0) is 48.5 Å². The molecular weight excluding hydrogens is 1230 g/mol. The number of aliphatic hydroxyl groups is 2. The standard InChI is InChI=1S/C34H38F2O4S.C21H17F3O2S.C15H24F2O4S/c1-24-12-14-30(15-13-24)34(28-8-4-2-5-9-28,29-10-6-3-7-11-29)41(38,39)33(35,36)23-40-22-31(37)32-19-25-16-26(20-32)18-27(17-25)21-32;1-16-12-14-19(15-13-16)20(17-8-4-2-5-9-17,18-10-6-3-7-11-18)27(25,26)21(22,23)24;1-22(19,20)15(16,17)9-21-8-13(18)14-5-10-2-11(6-14)4-12(3-10)7-14/h2-15,25-27,31,37H,16-23H2,1H3;2-15H,1H3;10-13,18H,2-9H2,1H3. The topological polar surface area (TPSA) is 161 Å². The van der Waals surface area contributed by atoms with E-state index in [4.69, 9.17) is 9.47 Å². The summed E-state index contributed by atoms with van der Waals surface area (Å²) in [5.74, 6) is 3.72. The number of aryl methyl sites for hydroxylation is 2. The third-order valence-electron chi connectivity index (χ3n) is 20.4. The second kappa shape index (κ2) is 25.8. The van der Waals surface area contributed by atoms with Gasteiger partial charge in [0.05, 0.1) is 25.4 Å². The van der Waals surface area contributed by atoms with E-state index in [0.29, 0.717) is 41.8 Å². The molecule has 10 nitrogen and oxygen atoms in total. The average molecular weight is 1310 g/mol. The van der Waals surface area contributed by atoms with Crippen molar-refractivity contribution in [3.63, 3.8) is 0 Å². The van der Waals surface area contributed by atoms with Gasteiger partial charge < -0.3 is 19.7 Å². The zero-order valence-corrected chi connectivity index (χ0v) is 53.1. The lowest BCUT2D eigenvalue weighted by Crippen LogP contribution is -2.53. The van der Waals surface area contributed by atoms with E-state index >= 15 is 8.78 Å². The maximum atomic E-state index is 16.3. The monoisotopic (exact) mass is 1310 g/mol. The first kappa shape index (κ1) is 67.4. The fourth-order valence-corrected chi connectivity index (χ4v) is 20.9. The van der Waals surface area contributed by atoms with Crippen LogP contribution in [0.15, 0.2) is 170 Å². The van der Waals surface area contributed by atoms with Gasteiger partial charge in [0.15, 0.2) is 9.49 Å². The van der Waals surface area contributed by atoms with Crippen molar-refractivity contribution >= 4 is 29.5 Å². The largest absolute Gasteiger partial charge is 0.498 e. The number of aliphatic hydroxyl groups excluding tert-OH is 2. The summed E-state index contributed by atoms with van der Waals surface area (Å²) in [6.07, 6.45) is 11.7. The van der Waals surface area contributed by atoms with Crippen LogP contribution in [0.25, 0.3) is 0 Å². The molecule has 90 heavy (non-hydrogen) atoms. The van der Waals surface area contributed by atoms with Crippen LogP contribution in [0, 0.1) is 60.2 Å². The van der Waals surface area contributed by atoms with Crippen LogP contribution in [-0.4, -0.2) is 96.4 Å². The first-order chi connectivity index (χ1) is 42.4. The molecule has 2 atom stereocenters. The van der Waals surface area contributed by atoms with E-state index in [1.807, 2.05) is 6.92 Å². The summed E-state index contributed by atoms with van der Waals surface area (Å²) in [4.78, 5) is 0. The lowest BCUT2D eigenvalue weighted by Gasteiger charge is -2.58. The average Bonchev–Trinajstić information content (AvgIpc) is 0.735. The highest BCUT2D eigenvalue weighted by molar-refractivity contribution is 7.94. The SMILES string of the molecule is CS(=O)(=O)C(F)(F)COCC(O)C12CC3CC(CC(C3)C1)C2.Cc1ccc(C(c2ccccc2)(c2ccccc2)S(=O)(=O)C(F)(F)COCC(O)C23CC4CC(CC(C4)C2)C3)cc1.Cc1ccc(C(c2ccccc2)(c2ccccc2)S(=O)(=O)C(F)(F)F)cc1. The number of halogens is 7. The first-order valence-electron chi connectivity index (χ1n) is 30.8. The number of benzene rings is 6. The Kier molecular flexibility index (Phi) is 19.3. The smallest absolute Gasteiger partial charge is 0.390 e. The molecule has 8 aliphatic carbocycles. The molecule has 2 unspecified atom stereocenters. The van der Waals surface area contributed by atoms with Gasteiger partial charge in [-0.3, -0.25) is 0 Å². The fourth-order valence-electron chi connectivity index (χ4n) is 16.9. The molecule has 8 saturated carbocycles. The Hall–Kier alpha value is -5.48. The molecule has 6 aromatic carbocycles. The third-order valence-corrected chi connectivity index (χ3v) is 26.1. The van der Waals surface area contributed by atoms with Gasteiger partial charge >= 0.3 is 16.0 Å². The summed E-state index contributed by atoms with van der Waals surface area (Å²) in [6.45, 7) is 0.626. The minimum Gasteiger partial charge on any atom is -0.390 e. The van der Waals surface area contributed by atoms with Crippen LogP contribution in [0.5, 0.6) is 0 Å². The Morgan fingerprint density at radius 1 is 0.400 bits per heavy atom. The second-order valence-electron chi connectivity index (χ2n) is 26.7. The van der Waals surface area contributed by atoms with Crippen molar-refractivity contribution in [2.75, 3.05) is 32.7 Å². The number of ether oxygens (including phenoxy) is 2. The van der Waals surface area contributed by atoms with E-state index < -0.39 is 80.4 Å². The van der Waals surface area contributed by atoms with Gasteiger partial charge in [0, 0.05) is 6.26 Å². The number of sulfone groups is 3. The Balaban J connectivity index is 0.000000158. The number of alkyl halides is 7. The summed E-state index contributed by atoms with van der Waals surface area (Å²) in [5.41, 5.74) is -3.44. The molecule has 0 heterocycles. The molecule has 14 rings (SSSR count). The molecule has 0 radical (unpaired) electrons. The van der Waals surface area contributed by atoms with Gasteiger partial charge in [-0.1, -0.05) is 181 Å². The Morgan fingerprint density at radius 3 is 0.900 bits per heavy atom. The molecule has 6 aromatic rings. The Morgan fingerprint density at radius 2 is 0.644 bits per heavy atom. The molecule has 8 aliphatic rings. The molecule has 0 amide bonds. The summed E-state index contributed by atoms with van der Waals surface area (Å²) in [7, 11) is -15.5. The molecule has 486 valence electrons. The van der Waals surface area contributed by atoms with Crippen molar-refractivity contribution in [3.05, 3.63) is 214 Å². The normalized spacial score (nSPS) is 25.6. The Bertz CT molecular complexity index is 3600. The number of hydrogen-bond acceptors (Lipinski definition) is 10. The quantitative estimate of drug-likeness (QED) is 0.0556. The van der Waals surface area contributed by atoms with E-state index in [1.165, 1.54) is 99.2 Å². The van der Waals surface area contributed by atoms with Gasteiger partial charge in [0.2, 0.25) is 19.7 Å². The van der Waals surface area contributed by atoms with Crippen LogP contribution >= 0.6 is 0 Å². The predicted molar refractivity (Wildman–Crippen MR) is 331 cm³/mol. The Labute approximate surface area is 524 Å². The first-order valence-corrected chi connectivity index (χ1v) is 35.6. The van der Waals surface area contributed by atoms with Crippen molar-refractivity contribution in [1.29, 1.82) is 0 Å².